The quantitative estimate of drug-likeness (QED) is 0.180. The normalized spacial score (nSPS) is 11.7. The lowest BCUT2D eigenvalue weighted by Crippen LogP contribution is -2.47. The van der Waals surface area contributed by atoms with Gasteiger partial charge in [-0.2, -0.15) is 5.10 Å². The van der Waals surface area contributed by atoms with Crippen molar-refractivity contribution in [1.82, 2.24) is 10.7 Å². The number of alkyl carbamates (subject to hydrolysis) is 1. The molecule has 0 fully saturated rings. The molecular formula is C32H33N3O5. The van der Waals surface area contributed by atoms with Crippen molar-refractivity contribution in [2.45, 2.75) is 32.9 Å². The minimum absolute atomic E-state index is 0.202. The number of rotatable bonds is 12. The molecular weight excluding hydrogens is 506 g/mol. The van der Waals surface area contributed by atoms with Crippen LogP contribution in [0.5, 0.6) is 11.5 Å². The van der Waals surface area contributed by atoms with E-state index in [0.717, 1.165) is 21.9 Å². The van der Waals surface area contributed by atoms with Gasteiger partial charge in [-0.15, -0.1) is 0 Å². The molecule has 0 aromatic heterocycles. The largest absolute Gasteiger partial charge is 0.490 e. The molecule has 8 nitrogen and oxygen atoms in total. The van der Waals surface area contributed by atoms with Gasteiger partial charge in [-0.25, -0.2) is 10.2 Å². The van der Waals surface area contributed by atoms with E-state index in [0.29, 0.717) is 30.3 Å². The van der Waals surface area contributed by atoms with Crippen LogP contribution < -0.4 is 20.2 Å². The molecule has 2 amide bonds. The lowest BCUT2D eigenvalue weighted by molar-refractivity contribution is -0.123. The minimum Gasteiger partial charge on any atom is -0.490 e. The number of carbonyl (C=O) groups excluding carboxylic acids is 2. The van der Waals surface area contributed by atoms with Gasteiger partial charge in [-0.1, -0.05) is 72.8 Å². The van der Waals surface area contributed by atoms with Crippen LogP contribution in [0, 0.1) is 0 Å². The third-order valence-corrected chi connectivity index (χ3v) is 6.09. The van der Waals surface area contributed by atoms with E-state index >= 15 is 0 Å². The summed E-state index contributed by atoms with van der Waals surface area (Å²) < 4.78 is 16.9. The summed E-state index contributed by atoms with van der Waals surface area (Å²) in [5, 5.41) is 9.01. The summed E-state index contributed by atoms with van der Waals surface area (Å²) in [5.41, 5.74) is 5.20. The highest BCUT2D eigenvalue weighted by molar-refractivity contribution is 5.88. The summed E-state index contributed by atoms with van der Waals surface area (Å²) in [6.07, 6.45) is 1.14. The first-order chi connectivity index (χ1) is 19.6. The Bertz CT molecular complexity index is 1450. The van der Waals surface area contributed by atoms with Crippen LogP contribution in [0.25, 0.3) is 10.8 Å². The summed E-state index contributed by atoms with van der Waals surface area (Å²) in [6, 6.07) is 28.3. The fourth-order valence-electron chi connectivity index (χ4n) is 4.19. The van der Waals surface area contributed by atoms with Crippen molar-refractivity contribution < 1.29 is 23.8 Å². The zero-order valence-electron chi connectivity index (χ0n) is 22.6. The van der Waals surface area contributed by atoms with E-state index in [-0.39, 0.29) is 13.0 Å². The van der Waals surface area contributed by atoms with Gasteiger partial charge >= 0.3 is 6.09 Å². The summed E-state index contributed by atoms with van der Waals surface area (Å²) in [4.78, 5) is 24.9. The van der Waals surface area contributed by atoms with E-state index in [1.165, 1.54) is 6.21 Å². The molecule has 0 saturated carbocycles. The summed E-state index contributed by atoms with van der Waals surface area (Å²) >= 11 is 0. The lowest BCUT2D eigenvalue weighted by Gasteiger charge is -2.17. The SMILES string of the molecule is CCOC(=O)N[C@@H](Cc1ccccc1)C(=O)N/N=C\c1ccc(OCc2cccc3ccccc23)c(OCC)c1. The van der Waals surface area contributed by atoms with Crippen LogP contribution >= 0.6 is 0 Å². The predicted molar refractivity (Wildman–Crippen MR) is 156 cm³/mol. The Morgan fingerprint density at radius 1 is 0.850 bits per heavy atom. The fraction of sp³-hybridized carbons (Fsp3) is 0.219. The average molecular weight is 540 g/mol. The highest BCUT2D eigenvalue weighted by Gasteiger charge is 2.21. The second kappa shape index (κ2) is 14.3. The number of nitrogens with one attached hydrogen (secondary N) is 2. The molecule has 0 bridgehead atoms. The van der Waals surface area contributed by atoms with Crippen molar-refractivity contribution in [3.05, 3.63) is 108 Å². The fourth-order valence-corrected chi connectivity index (χ4v) is 4.19. The molecule has 4 aromatic carbocycles. The third kappa shape index (κ3) is 7.83. The first kappa shape index (κ1) is 28.2. The van der Waals surface area contributed by atoms with Gasteiger partial charge in [0.05, 0.1) is 19.4 Å². The molecule has 0 heterocycles. The first-order valence-electron chi connectivity index (χ1n) is 13.2. The van der Waals surface area contributed by atoms with Crippen LogP contribution in [0.3, 0.4) is 0 Å². The van der Waals surface area contributed by atoms with Crippen LogP contribution in [0.2, 0.25) is 0 Å². The smallest absolute Gasteiger partial charge is 0.407 e. The van der Waals surface area contributed by atoms with Crippen molar-refractivity contribution >= 4 is 29.0 Å². The number of hydrazone groups is 1. The van der Waals surface area contributed by atoms with E-state index in [9.17, 15) is 9.59 Å². The zero-order chi connectivity index (χ0) is 28.2. The Kier molecular flexibility index (Phi) is 10.1. The molecule has 0 aliphatic rings. The molecule has 4 rings (SSSR count). The third-order valence-electron chi connectivity index (χ3n) is 6.09. The van der Waals surface area contributed by atoms with Gasteiger partial charge in [0.25, 0.3) is 5.91 Å². The number of hydrogen-bond donors (Lipinski definition) is 2. The maximum atomic E-state index is 12.9. The zero-order valence-corrected chi connectivity index (χ0v) is 22.6. The minimum atomic E-state index is -0.859. The van der Waals surface area contributed by atoms with Gasteiger partial charge < -0.3 is 19.5 Å². The summed E-state index contributed by atoms with van der Waals surface area (Å²) in [5.74, 6) is 0.717. The Morgan fingerprint density at radius 2 is 1.62 bits per heavy atom. The van der Waals surface area contributed by atoms with Crippen molar-refractivity contribution in [3.63, 3.8) is 0 Å². The first-order valence-corrected chi connectivity index (χ1v) is 13.2. The molecule has 0 unspecified atom stereocenters. The molecule has 0 saturated heterocycles. The molecule has 4 aromatic rings. The Labute approximate surface area is 234 Å². The van der Waals surface area contributed by atoms with E-state index in [1.807, 2.05) is 73.7 Å². The number of benzene rings is 4. The summed E-state index contributed by atoms with van der Waals surface area (Å²) in [7, 11) is 0. The van der Waals surface area contributed by atoms with Gasteiger partial charge in [0.2, 0.25) is 0 Å². The van der Waals surface area contributed by atoms with Gasteiger partial charge in [0.1, 0.15) is 12.6 Å². The molecule has 0 spiro atoms. The molecule has 0 aliphatic heterocycles. The molecule has 0 aliphatic carbocycles. The number of hydrogen-bond acceptors (Lipinski definition) is 6. The maximum Gasteiger partial charge on any atom is 0.407 e. The van der Waals surface area contributed by atoms with Crippen molar-refractivity contribution in [2.24, 2.45) is 5.10 Å². The van der Waals surface area contributed by atoms with Crippen LogP contribution in [0.15, 0.2) is 96.1 Å². The van der Waals surface area contributed by atoms with Crippen molar-refractivity contribution in [3.8, 4) is 11.5 Å². The van der Waals surface area contributed by atoms with E-state index in [2.05, 4.69) is 34.0 Å². The Balaban J connectivity index is 1.42. The van der Waals surface area contributed by atoms with Gasteiger partial charge in [0, 0.05) is 6.42 Å². The average Bonchev–Trinajstić information content (AvgIpc) is 2.97. The van der Waals surface area contributed by atoms with E-state index < -0.39 is 18.0 Å². The van der Waals surface area contributed by atoms with E-state index in [1.54, 1.807) is 13.0 Å². The standard InChI is InChI=1S/C32H33N3O5/c1-3-38-30-20-24(17-18-29(30)40-22-26-15-10-14-25-13-8-9-16-27(25)26)21-33-35-31(36)28(34-32(37)39-4-2)19-23-11-6-5-7-12-23/h5-18,20-21,28H,3-4,19,22H2,1-2H3,(H,34,37)(H,35,36)/b33-21-/t28-/m0/s1. The second-order valence-electron chi connectivity index (χ2n) is 8.91. The van der Waals surface area contributed by atoms with Crippen LogP contribution in [0.1, 0.15) is 30.5 Å². The molecule has 0 radical (unpaired) electrons. The predicted octanol–water partition coefficient (Wildman–Crippen LogP) is 5.63. The molecule has 40 heavy (non-hydrogen) atoms. The monoisotopic (exact) mass is 539 g/mol. The van der Waals surface area contributed by atoms with E-state index in [4.69, 9.17) is 14.2 Å². The summed E-state index contributed by atoms with van der Waals surface area (Å²) in [6.45, 7) is 4.66. The van der Waals surface area contributed by atoms with Crippen LogP contribution in [-0.4, -0.2) is 37.5 Å². The number of amides is 2. The van der Waals surface area contributed by atoms with Gasteiger partial charge in [0.15, 0.2) is 11.5 Å². The number of fused-ring (bicyclic) bond motifs is 1. The molecule has 2 N–H and O–H groups in total. The van der Waals surface area contributed by atoms with Crippen LogP contribution in [0.4, 0.5) is 4.79 Å². The topological polar surface area (TPSA) is 98.2 Å². The molecule has 206 valence electrons. The van der Waals surface area contributed by atoms with Crippen molar-refractivity contribution in [2.75, 3.05) is 13.2 Å². The Hall–Kier alpha value is -4.85. The number of carbonyl (C=O) groups is 2. The van der Waals surface area contributed by atoms with Gasteiger partial charge in [-0.3, -0.25) is 4.79 Å². The number of ether oxygens (including phenoxy) is 3. The van der Waals surface area contributed by atoms with Gasteiger partial charge in [-0.05, 0) is 59.5 Å². The van der Waals surface area contributed by atoms with Crippen LogP contribution in [-0.2, 0) is 22.6 Å². The maximum absolute atomic E-state index is 12.9. The van der Waals surface area contributed by atoms with Crippen molar-refractivity contribution in [1.29, 1.82) is 0 Å². The lowest BCUT2D eigenvalue weighted by atomic mass is 10.1. The highest BCUT2D eigenvalue weighted by Crippen LogP contribution is 2.30. The number of nitrogens with zero attached hydrogens (tertiary/aromatic N) is 1. The molecule has 1 atom stereocenters. The molecule has 8 heteroatoms. The Morgan fingerprint density at radius 3 is 2.42 bits per heavy atom. The highest BCUT2D eigenvalue weighted by atomic mass is 16.5. The second-order valence-corrected chi connectivity index (χ2v) is 8.91.